The van der Waals surface area contributed by atoms with Gasteiger partial charge in [-0.15, -0.1) is 0 Å². The second-order valence-electron chi connectivity index (χ2n) is 12.3. The van der Waals surface area contributed by atoms with Gasteiger partial charge >= 0.3 is 17.9 Å². The summed E-state index contributed by atoms with van der Waals surface area (Å²) >= 11 is 0. The first-order chi connectivity index (χ1) is 20.0. The van der Waals surface area contributed by atoms with Crippen LogP contribution in [-0.2, 0) is 28.6 Å². The first-order valence-corrected chi connectivity index (χ1v) is 14.4. The van der Waals surface area contributed by atoms with Gasteiger partial charge < -0.3 is 23.7 Å². The van der Waals surface area contributed by atoms with Gasteiger partial charge in [0.15, 0.2) is 17.5 Å². The van der Waals surface area contributed by atoms with E-state index in [4.69, 9.17) is 23.7 Å². The van der Waals surface area contributed by atoms with Gasteiger partial charge in [-0.1, -0.05) is 36.8 Å². The summed E-state index contributed by atoms with van der Waals surface area (Å²) in [5.41, 5.74) is -0.941. The maximum absolute atomic E-state index is 14.7. The van der Waals surface area contributed by atoms with Crippen LogP contribution in [0.3, 0.4) is 0 Å². The molecule has 3 heterocycles. The molecule has 3 fully saturated rings. The molecule has 3 unspecified atom stereocenters. The Morgan fingerprint density at radius 2 is 1.62 bits per heavy atom. The van der Waals surface area contributed by atoms with Crippen LogP contribution < -0.4 is 9.47 Å². The van der Waals surface area contributed by atoms with Gasteiger partial charge in [-0.25, -0.2) is 4.79 Å². The molecule has 3 atom stereocenters. The van der Waals surface area contributed by atoms with Crippen molar-refractivity contribution < 1.29 is 38.1 Å². The van der Waals surface area contributed by atoms with Gasteiger partial charge in [-0.05, 0) is 62.4 Å². The number of hydrogen-bond acceptors (Lipinski definition) is 10. The number of carbonyl (C=O) groups excluding carboxylic acids is 3. The molecule has 0 amide bonds. The van der Waals surface area contributed by atoms with Gasteiger partial charge in [0.1, 0.15) is 11.6 Å². The van der Waals surface area contributed by atoms with Crippen LogP contribution in [0.4, 0.5) is 0 Å². The number of fused-ring (bicyclic) bond motifs is 4. The van der Waals surface area contributed by atoms with Crippen molar-refractivity contribution >= 4 is 24.1 Å². The Bertz CT molecular complexity index is 1430. The van der Waals surface area contributed by atoms with Gasteiger partial charge in [0.25, 0.3) is 5.79 Å². The van der Waals surface area contributed by atoms with E-state index in [0.29, 0.717) is 35.5 Å². The number of rotatable bonds is 4. The van der Waals surface area contributed by atoms with Crippen molar-refractivity contribution in [2.24, 2.45) is 10.5 Å². The number of nitrogens with zero attached hydrogens (tertiary/aromatic N) is 2. The van der Waals surface area contributed by atoms with E-state index in [0.717, 1.165) is 24.8 Å². The molecule has 2 aromatic rings. The molecule has 1 saturated carbocycles. The third-order valence-electron chi connectivity index (χ3n) is 8.67. The highest BCUT2D eigenvalue weighted by atomic mass is 16.7. The van der Waals surface area contributed by atoms with Crippen molar-refractivity contribution in [1.29, 1.82) is 0 Å². The minimum Gasteiger partial charge on any atom is -0.493 e. The van der Waals surface area contributed by atoms with E-state index in [-0.39, 0.29) is 0 Å². The number of methoxy groups -OCH3 is 2. The molecular weight excluding hydrogens is 540 g/mol. The van der Waals surface area contributed by atoms with E-state index in [2.05, 4.69) is 5.10 Å². The van der Waals surface area contributed by atoms with E-state index >= 15 is 0 Å². The van der Waals surface area contributed by atoms with Crippen molar-refractivity contribution in [2.45, 2.75) is 82.3 Å². The van der Waals surface area contributed by atoms with E-state index in [1.807, 2.05) is 24.3 Å². The fraction of sp³-hybridized carbons (Fsp3) is 0.500. The summed E-state index contributed by atoms with van der Waals surface area (Å²) in [6, 6.07) is 10.3. The molecule has 1 aliphatic carbocycles. The highest BCUT2D eigenvalue weighted by molar-refractivity contribution is 6.06. The summed E-state index contributed by atoms with van der Waals surface area (Å²) in [7, 11) is 3.01. The average Bonchev–Trinajstić information content (AvgIpc) is 3.28. The van der Waals surface area contributed by atoms with Gasteiger partial charge in [0, 0.05) is 18.8 Å². The SMILES string of the molecule is COc1ccc(C2C(C(=O)OC(C)(C)C)N3N=Cc4ccccc4C3C23C(=O)OC2(CCCCC2)OC3=O)cc1OC. The Morgan fingerprint density at radius 3 is 2.26 bits per heavy atom. The third-order valence-corrected chi connectivity index (χ3v) is 8.67. The number of esters is 3. The smallest absolute Gasteiger partial charge is 0.331 e. The zero-order valence-corrected chi connectivity index (χ0v) is 24.5. The fourth-order valence-electron chi connectivity index (χ4n) is 6.95. The van der Waals surface area contributed by atoms with Gasteiger partial charge in [-0.3, -0.25) is 14.6 Å². The van der Waals surface area contributed by atoms with Crippen LogP contribution >= 0.6 is 0 Å². The summed E-state index contributed by atoms with van der Waals surface area (Å²) < 4.78 is 29.4. The van der Waals surface area contributed by atoms with Crippen molar-refractivity contribution in [3.63, 3.8) is 0 Å². The molecule has 42 heavy (non-hydrogen) atoms. The summed E-state index contributed by atoms with van der Waals surface area (Å²) in [5, 5.41) is 6.20. The van der Waals surface area contributed by atoms with Crippen LogP contribution in [0, 0.1) is 5.41 Å². The number of ether oxygens (including phenoxy) is 5. The first kappa shape index (κ1) is 28.1. The van der Waals surface area contributed by atoms with Crippen LogP contribution in [0.15, 0.2) is 47.6 Å². The van der Waals surface area contributed by atoms with E-state index in [1.165, 1.54) is 19.2 Å². The Kier molecular flexibility index (Phi) is 6.70. The Hall–Kier alpha value is -4.08. The molecule has 0 radical (unpaired) electrons. The van der Waals surface area contributed by atoms with E-state index in [1.54, 1.807) is 45.2 Å². The number of benzene rings is 2. The van der Waals surface area contributed by atoms with Gasteiger partial charge in [0.2, 0.25) is 5.41 Å². The normalized spacial score (nSPS) is 25.4. The summed E-state index contributed by atoms with van der Waals surface area (Å²) in [6.07, 6.45) is 5.01. The minimum absolute atomic E-state index is 0.378. The quantitative estimate of drug-likeness (QED) is 0.379. The topological polar surface area (TPSA) is 113 Å². The largest absolute Gasteiger partial charge is 0.493 e. The molecule has 4 aliphatic rings. The van der Waals surface area contributed by atoms with Crippen molar-refractivity contribution in [1.82, 2.24) is 5.01 Å². The highest BCUT2D eigenvalue weighted by Crippen LogP contribution is 2.63. The summed E-state index contributed by atoms with van der Waals surface area (Å²) in [6.45, 7) is 5.30. The van der Waals surface area contributed by atoms with Crippen molar-refractivity contribution in [3.8, 4) is 11.5 Å². The molecule has 3 aliphatic heterocycles. The molecule has 0 bridgehead atoms. The second kappa shape index (κ2) is 10.0. The van der Waals surface area contributed by atoms with Gasteiger partial charge in [0.05, 0.1) is 20.4 Å². The zero-order chi connectivity index (χ0) is 29.9. The second-order valence-corrected chi connectivity index (χ2v) is 12.3. The molecule has 10 nitrogen and oxygen atoms in total. The lowest BCUT2D eigenvalue weighted by molar-refractivity contribution is -0.273. The molecule has 6 rings (SSSR count). The number of carbonyl (C=O) groups is 3. The Labute approximate surface area is 244 Å². The predicted molar refractivity (Wildman–Crippen MR) is 151 cm³/mol. The third kappa shape index (κ3) is 4.22. The van der Waals surface area contributed by atoms with Crippen LogP contribution in [0.1, 0.15) is 81.5 Å². The van der Waals surface area contributed by atoms with Crippen LogP contribution in [0.5, 0.6) is 11.5 Å². The summed E-state index contributed by atoms with van der Waals surface area (Å²) in [4.78, 5) is 43.5. The maximum atomic E-state index is 14.7. The highest BCUT2D eigenvalue weighted by Gasteiger charge is 2.76. The number of hydrazone groups is 1. The zero-order valence-electron chi connectivity index (χ0n) is 24.5. The lowest BCUT2D eigenvalue weighted by Gasteiger charge is -2.47. The minimum atomic E-state index is -1.97. The van der Waals surface area contributed by atoms with Crippen LogP contribution in [0.25, 0.3) is 0 Å². The Balaban J connectivity index is 1.61. The molecule has 10 heteroatoms. The van der Waals surface area contributed by atoms with Crippen molar-refractivity contribution in [3.05, 3.63) is 59.2 Å². The maximum Gasteiger partial charge on any atom is 0.331 e. The van der Waals surface area contributed by atoms with E-state index in [9.17, 15) is 14.4 Å². The van der Waals surface area contributed by atoms with Gasteiger partial charge in [-0.2, -0.15) is 5.10 Å². The van der Waals surface area contributed by atoms with Crippen molar-refractivity contribution in [2.75, 3.05) is 14.2 Å². The molecule has 222 valence electrons. The molecule has 2 spiro atoms. The number of hydrogen-bond donors (Lipinski definition) is 0. The molecule has 2 aromatic carbocycles. The standard InChI is InChI=1S/C32H36N2O8/c1-30(2,3)40-27(35)25-24(19-13-14-22(38-4)23(17-19)39-5)32(26-21-12-8-7-11-20(21)18-33-34(25)26)28(36)41-31(42-29(32)37)15-9-6-10-16-31/h7-8,11-14,17-18,24-26H,6,9-10,15-16H2,1-5H3. The predicted octanol–water partition coefficient (Wildman–Crippen LogP) is 4.65. The first-order valence-electron chi connectivity index (χ1n) is 14.4. The molecule has 0 aromatic heterocycles. The van der Waals surface area contributed by atoms with Crippen LogP contribution in [-0.4, -0.2) is 60.8 Å². The molecule has 2 saturated heterocycles. The fourth-order valence-corrected chi connectivity index (χ4v) is 6.95. The Morgan fingerprint density at radius 1 is 0.952 bits per heavy atom. The molecular formula is C32H36N2O8. The molecule has 0 N–H and O–H groups in total. The lowest BCUT2D eigenvalue weighted by atomic mass is 9.65. The monoisotopic (exact) mass is 576 g/mol. The lowest BCUT2D eigenvalue weighted by Crippen LogP contribution is -2.60. The summed E-state index contributed by atoms with van der Waals surface area (Å²) in [5.74, 6) is -3.66. The van der Waals surface area contributed by atoms with E-state index < -0.39 is 52.7 Å². The van der Waals surface area contributed by atoms with Crippen LogP contribution in [0.2, 0.25) is 0 Å². The average molecular weight is 577 g/mol.